The highest BCUT2D eigenvalue weighted by Gasteiger charge is 2.37. The molecule has 0 fully saturated rings. The van der Waals surface area contributed by atoms with Crippen LogP contribution in [-0.2, 0) is 9.59 Å². The molecule has 0 aliphatic rings. The van der Waals surface area contributed by atoms with Gasteiger partial charge in [0.1, 0.15) is 0 Å². The molecule has 1 aromatic carbocycles. The van der Waals surface area contributed by atoms with Gasteiger partial charge in [-0.3, -0.25) is 14.4 Å². The second-order valence-electron chi connectivity index (χ2n) is 6.82. The van der Waals surface area contributed by atoms with Gasteiger partial charge in [-0.1, -0.05) is 39.3 Å². The summed E-state index contributed by atoms with van der Waals surface area (Å²) in [5, 5.41) is 15.1. The van der Waals surface area contributed by atoms with Gasteiger partial charge >= 0.3 is 5.97 Å². The number of carboxylic acids is 1. The number of benzene rings is 1. The van der Waals surface area contributed by atoms with Gasteiger partial charge in [-0.05, 0) is 37.0 Å². The number of carbonyl (C=O) groups excluding carboxylic acids is 2. The number of rotatable bonds is 9. The van der Waals surface area contributed by atoms with Crippen LogP contribution in [0.3, 0.4) is 0 Å². The first-order chi connectivity index (χ1) is 12.1. The summed E-state index contributed by atoms with van der Waals surface area (Å²) in [6.45, 7) is 8.03. The maximum atomic E-state index is 12.3. The molecular formula is C19H27ClN2O4. The molecule has 0 aromatic heterocycles. The van der Waals surface area contributed by atoms with E-state index < -0.39 is 17.3 Å². The molecule has 0 saturated carbocycles. The van der Waals surface area contributed by atoms with Crippen LogP contribution in [0.25, 0.3) is 0 Å². The van der Waals surface area contributed by atoms with Crippen LogP contribution in [0.15, 0.2) is 18.2 Å². The van der Waals surface area contributed by atoms with Crippen LogP contribution in [0.4, 0.5) is 5.69 Å². The third kappa shape index (κ3) is 5.73. The van der Waals surface area contributed by atoms with E-state index in [2.05, 4.69) is 10.6 Å². The molecule has 26 heavy (non-hydrogen) atoms. The molecule has 0 aliphatic heterocycles. The van der Waals surface area contributed by atoms with Crippen molar-refractivity contribution in [3.8, 4) is 0 Å². The fourth-order valence-corrected chi connectivity index (χ4v) is 2.83. The summed E-state index contributed by atoms with van der Waals surface area (Å²) in [6, 6.07) is 4.61. The highest BCUT2D eigenvalue weighted by molar-refractivity contribution is 6.34. The Morgan fingerprint density at radius 1 is 1.19 bits per heavy atom. The topological polar surface area (TPSA) is 95.5 Å². The van der Waals surface area contributed by atoms with E-state index in [1.165, 1.54) is 12.1 Å². The molecule has 7 heteroatoms. The molecule has 0 radical (unpaired) electrons. The number of anilines is 1. The molecule has 144 valence electrons. The number of hydrogen-bond donors (Lipinski definition) is 3. The summed E-state index contributed by atoms with van der Waals surface area (Å²) in [5.74, 6) is -1.33. The normalized spacial score (nSPS) is 11.3. The van der Waals surface area contributed by atoms with Crippen molar-refractivity contribution in [1.82, 2.24) is 5.32 Å². The number of hydrogen-bond acceptors (Lipinski definition) is 3. The monoisotopic (exact) mass is 382 g/mol. The van der Waals surface area contributed by atoms with E-state index in [4.69, 9.17) is 11.6 Å². The van der Waals surface area contributed by atoms with Gasteiger partial charge in [0.15, 0.2) is 0 Å². The number of carboxylic acid groups (broad SMARTS) is 1. The van der Waals surface area contributed by atoms with Crippen molar-refractivity contribution in [2.75, 3.05) is 11.9 Å². The lowest BCUT2D eigenvalue weighted by Gasteiger charge is -2.25. The third-order valence-electron chi connectivity index (χ3n) is 4.47. The fourth-order valence-electron chi connectivity index (χ4n) is 2.56. The van der Waals surface area contributed by atoms with Gasteiger partial charge in [-0.25, -0.2) is 0 Å². The van der Waals surface area contributed by atoms with Crippen LogP contribution in [-0.4, -0.2) is 29.4 Å². The van der Waals surface area contributed by atoms with Crippen molar-refractivity contribution in [3.63, 3.8) is 0 Å². The van der Waals surface area contributed by atoms with E-state index in [9.17, 15) is 19.5 Å². The number of nitrogens with one attached hydrogen (secondary N) is 2. The molecule has 0 heterocycles. The molecule has 3 N–H and O–H groups in total. The number of halogens is 1. The molecule has 0 saturated heterocycles. The lowest BCUT2D eigenvalue weighted by Crippen LogP contribution is -2.34. The smallest absolute Gasteiger partial charge is 0.310 e. The van der Waals surface area contributed by atoms with Gasteiger partial charge in [0.2, 0.25) is 5.91 Å². The van der Waals surface area contributed by atoms with Crippen molar-refractivity contribution in [3.05, 3.63) is 28.8 Å². The van der Waals surface area contributed by atoms with Crippen LogP contribution >= 0.6 is 11.6 Å². The van der Waals surface area contributed by atoms with Crippen LogP contribution in [0.5, 0.6) is 0 Å². The maximum Gasteiger partial charge on any atom is 0.310 e. The Morgan fingerprint density at radius 2 is 1.81 bits per heavy atom. The van der Waals surface area contributed by atoms with Crippen LogP contribution in [0.2, 0.25) is 5.02 Å². The summed E-state index contributed by atoms with van der Waals surface area (Å²) < 4.78 is 0. The van der Waals surface area contributed by atoms with E-state index in [0.717, 1.165) is 0 Å². The SMILES string of the molecule is CCC(CC)(CC(=O)Nc1ccc(C(=O)NCC(C)C)c(Cl)c1)C(=O)O. The maximum absolute atomic E-state index is 12.3. The van der Waals surface area contributed by atoms with E-state index >= 15 is 0 Å². The van der Waals surface area contributed by atoms with E-state index in [1.54, 1.807) is 19.9 Å². The number of aliphatic carboxylic acids is 1. The highest BCUT2D eigenvalue weighted by Crippen LogP contribution is 2.31. The number of amides is 2. The Bertz CT molecular complexity index is 670. The van der Waals surface area contributed by atoms with Crippen molar-refractivity contribution in [2.45, 2.75) is 47.0 Å². The average Bonchev–Trinajstić information content (AvgIpc) is 2.57. The number of carbonyl (C=O) groups is 3. The predicted molar refractivity (Wildman–Crippen MR) is 103 cm³/mol. The minimum Gasteiger partial charge on any atom is -0.481 e. The molecule has 0 spiro atoms. The zero-order chi connectivity index (χ0) is 19.9. The quantitative estimate of drug-likeness (QED) is 0.602. The predicted octanol–water partition coefficient (Wildman–Crippen LogP) is 3.95. The Morgan fingerprint density at radius 3 is 2.27 bits per heavy atom. The molecular weight excluding hydrogens is 356 g/mol. The lowest BCUT2D eigenvalue weighted by molar-refractivity contribution is -0.151. The van der Waals surface area contributed by atoms with Crippen LogP contribution < -0.4 is 10.6 Å². The molecule has 0 aliphatic carbocycles. The summed E-state index contributed by atoms with van der Waals surface area (Å²) in [6.07, 6.45) is 0.605. The van der Waals surface area contributed by atoms with Crippen LogP contribution in [0, 0.1) is 11.3 Å². The van der Waals surface area contributed by atoms with Gasteiger partial charge in [-0.2, -0.15) is 0 Å². The second kappa shape index (κ2) is 9.57. The highest BCUT2D eigenvalue weighted by atomic mass is 35.5. The van der Waals surface area contributed by atoms with E-state index in [-0.39, 0.29) is 17.4 Å². The Kier molecular flexibility index (Phi) is 8.08. The first-order valence-corrected chi connectivity index (χ1v) is 9.14. The van der Waals surface area contributed by atoms with Gasteiger partial charge in [0.05, 0.1) is 16.0 Å². The third-order valence-corrected chi connectivity index (χ3v) is 4.79. The average molecular weight is 383 g/mol. The van der Waals surface area contributed by atoms with E-state index in [0.29, 0.717) is 36.6 Å². The molecule has 6 nitrogen and oxygen atoms in total. The zero-order valence-electron chi connectivity index (χ0n) is 15.7. The zero-order valence-corrected chi connectivity index (χ0v) is 16.4. The molecule has 2 amide bonds. The largest absolute Gasteiger partial charge is 0.481 e. The first-order valence-electron chi connectivity index (χ1n) is 8.76. The van der Waals surface area contributed by atoms with Crippen molar-refractivity contribution in [1.29, 1.82) is 0 Å². The molecule has 1 rings (SSSR count). The lowest BCUT2D eigenvalue weighted by atomic mass is 9.79. The first kappa shape index (κ1) is 22.0. The Hall–Kier alpha value is -2.08. The minimum absolute atomic E-state index is 0.121. The summed E-state index contributed by atoms with van der Waals surface area (Å²) in [5.41, 5.74) is -0.330. The van der Waals surface area contributed by atoms with Crippen LogP contribution in [0.1, 0.15) is 57.3 Å². The molecule has 1 aromatic rings. The van der Waals surface area contributed by atoms with Gasteiger partial charge in [0, 0.05) is 18.7 Å². The van der Waals surface area contributed by atoms with Crippen molar-refractivity contribution < 1.29 is 19.5 Å². The van der Waals surface area contributed by atoms with Crippen molar-refractivity contribution >= 4 is 35.1 Å². The molecule has 0 unspecified atom stereocenters. The van der Waals surface area contributed by atoms with Gasteiger partial charge < -0.3 is 15.7 Å². The fraction of sp³-hybridized carbons (Fsp3) is 0.526. The summed E-state index contributed by atoms with van der Waals surface area (Å²) in [7, 11) is 0. The Labute approximate surface area is 159 Å². The van der Waals surface area contributed by atoms with Gasteiger partial charge in [-0.15, -0.1) is 0 Å². The van der Waals surface area contributed by atoms with Crippen molar-refractivity contribution in [2.24, 2.45) is 11.3 Å². The summed E-state index contributed by atoms with van der Waals surface area (Å²) in [4.78, 5) is 35.9. The molecule has 0 atom stereocenters. The van der Waals surface area contributed by atoms with E-state index in [1.807, 2.05) is 13.8 Å². The second-order valence-corrected chi connectivity index (χ2v) is 7.22. The Balaban J connectivity index is 2.82. The minimum atomic E-state index is -1.08. The van der Waals surface area contributed by atoms with Gasteiger partial charge in [0.25, 0.3) is 5.91 Å². The standard InChI is InChI=1S/C19H27ClN2O4/c1-5-19(6-2,18(25)26)10-16(23)22-13-7-8-14(15(20)9-13)17(24)21-11-12(3)4/h7-9,12H,5-6,10-11H2,1-4H3,(H,21,24)(H,22,23)(H,25,26). The summed E-state index contributed by atoms with van der Waals surface area (Å²) >= 11 is 6.15. The molecule has 0 bridgehead atoms.